The second-order valence-corrected chi connectivity index (χ2v) is 5.19. The van der Waals surface area contributed by atoms with Gasteiger partial charge in [0.15, 0.2) is 5.78 Å². The fourth-order valence-electron chi connectivity index (χ4n) is 2.22. The molecule has 0 aliphatic carbocycles. The Morgan fingerprint density at radius 3 is 2.45 bits per heavy atom. The number of hydrogen-bond acceptors (Lipinski definition) is 2. The monoisotopic (exact) mass is 290 g/mol. The molecule has 0 bridgehead atoms. The highest BCUT2D eigenvalue weighted by atomic mass is 35.5. The van der Waals surface area contributed by atoms with Crippen LogP contribution in [0.25, 0.3) is 0 Å². The SMILES string of the molecule is CCc1ccc(C(=O)Cc2c(Cl)c(C)nn2CC)cc1. The van der Waals surface area contributed by atoms with E-state index >= 15 is 0 Å². The predicted octanol–water partition coefficient (Wildman–Crippen LogP) is 3.85. The lowest BCUT2D eigenvalue weighted by Crippen LogP contribution is -2.10. The molecule has 1 aromatic heterocycles. The summed E-state index contributed by atoms with van der Waals surface area (Å²) in [6, 6.07) is 7.76. The van der Waals surface area contributed by atoms with Crippen LogP contribution < -0.4 is 0 Å². The Morgan fingerprint density at radius 2 is 1.90 bits per heavy atom. The zero-order valence-electron chi connectivity index (χ0n) is 12.1. The van der Waals surface area contributed by atoms with Gasteiger partial charge >= 0.3 is 0 Å². The molecule has 106 valence electrons. The summed E-state index contributed by atoms with van der Waals surface area (Å²) >= 11 is 6.24. The first-order valence-corrected chi connectivity index (χ1v) is 7.28. The van der Waals surface area contributed by atoms with Crippen molar-refractivity contribution in [3.63, 3.8) is 0 Å². The summed E-state index contributed by atoms with van der Waals surface area (Å²) in [7, 11) is 0. The lowest BCUT2D eigenvalue weighted by molar-refractivity contribution is 0.0990. The van der Waals surface area contributed by atoms with E-state index < -0.39 is 0 Å². The van der Waals surface area contributed by atoms with Gasteiger partial charge in [0.05, 0.1) is 22.8 Å². The molecule has 1 heterocycles. The number of hydrogen-bond donors (Lipinski definition) is 0. The van der Waals surface area contributed by atoms with E-state index in [1.807, 2.05) is 38.1 Å². The minimum Gasteiger partial charge on any atom is -0.294 e. The van der Waals surface area contributed by atoms with Crippen LogP contribution in [0.3, 0.4) is 0 Å². The third-order valence-corrected chi connectivity index (χ3v) is 3.96. The van der Waals surface area contributed by atoms with Crippen molar-refractivity contribution < 1.29 is 4.79 Å². The molecule has 0 fully saturated rings. The highest BCUT2D eigenvalue weighted by Gasteiger charge is 2.16. The molecule has 20 heavy (non-hydrogen) atoms. The van der Waals surface area contributed by atoms with Gasteiger partial charge in [-0.15, -0.1) is 0 Å². The second-order valence-electron chi connectivity index (χ2n) is 4.81. The normalized spacial score (nSPS) is 10.8. The molecule has 2 aromatic rings. The van der Waals surface area contributed by atoms with Crippen LogP contribution in [0.2, 0.25) is 5.02 Å². The molecule has 4 heteroatoms. The Balaban J connectivity index is 2.22. The zero-order chi connectivity index (χ0) is 14.7. The lowest BCUT2D eigenvalue weighted by atomic mass is 10.0. The average Bonchev–Trinajstić information content (AvgIpc) is 2.75. The van der Waals surface area contributed by atoms with E-state index in [4.69, 9.17) is 11.6 Å². The third kappa shape index (κ3) is 2.93. The number of ketones is 1. The number of carbonyl (C=O) groups is 1. The van der Waals surface area contributed by atoms with Crippen LogP contribution in [0.15, 0.2) is 24.3 Å². The molecule has 1 aromatic carbocycles. The molecule has 0 atom stereocenters. The topological polar surface area (TPSA) is 34.9 Å². The first-order chi connectivity index (χ1) is 9.56. The first-order valence-electron chi connectivity index (χ1n) is 6.90. The van der Waals surface area contributed by atoms with Gasteiger partial charge in [-0.1, -0.05) is 42.8 Å². The number of aryl methyl sites for hydroxylation is 3. The van der Waals surface area contributed by atoms with E-state index in [9.17, 15) is 4.79 Å². The van der Waals surface area contributed by atoms with Crippen LogP contribution in [-0.2, 0) is 19.4 Å². The standard InChI is InChI=1S/C16H19ClN2O/c1-4-12-6-8-13(9-7-12)15(20)10-14-16(17)11(3)18-19(14)5-2/h6-9H,4-5,10H2,1-3H3. The minimum atomic E-state index is 0.0733. The number of rotatable bonds is 5. The fraction of sp³-hybridized carbons (Fsp3) is 0.375. The third-order valence-electron chi connectivity index (χ3n) is 3.46. The van der Waals surface area contributed by atoms with Gasteiger partial charge < -0.3 is 0 Å². The highest BCUT2D eigenvalue weighted by molar-refractivity contribution is 6.32. The molecule has 0 unspecified atom stereocenters. The van der Waals surface area contributed by atoms with Crippen molar-refractivity contribution in [3.8, 4) is 0 Å². The first kappa shape index (κ1) is 14.8. The molecule has 0 radical (unpaired) electrons. The van der Waals surface area contributed by atoms with Crippen molar-refractivity contribution in [2.24, 2.45) is 0 Å². The summed E-state index contributed by atoms with van der Waals surface area (Å²) in [5, 5.41) is 4.94. The average molecular weight is 291 g/mol. The van der Waals surface area contributed by atoms with Gasteiger partial charge in [-0.05, 0) is 25.8 Å². The Bertz CT molecular complexity index is 614. The van der Waals surface area contributed by atoms with Gasteiger partial charge in [0.1, 0.15) is 0 Å². The molecule has 3 nitrogen and oxygen atoms in total. The van der Waals surface area contributed by atoms with Crippen molar-refractivity contribution in [1.82, 2.24) is 9.78 Å². The van der Waals surface area contributed by atoms with Crippen LogP contribution in [0.4, 0.5) is 0 Å². The van der Waals surface area contributed by atoms with E-state index in [0.29, 0.717) is 18.0 Å². The van der Waals surface area contributed by atoms with Crippen molar-refractivity contribution in [3.05, 3.63) is 51.8 Å². The lowest BCUT2D eigenvalue weighted by Gasteiger charge is -2.06. The van der Waals surface area contributed by atoms with Crippen molar-refractivity contribution in [2.45, 2.75) is 40.2 Å². The summed E-state index contributed by atoms with van der Waals surface area (Å²) < 4.78 is 1.80. The molecule has 0 N–H and O–H groups in total. The van der Waals surface area contributed by atoms with Crippen molar-refractivity contribution >= 4 is 17.4 Å². The predicted molar refractivity (Wildman–Crippen MR) is 81.5 cm³/mol. The molecule has 0 saturated heterocycles. The van der Waals surface area contributed by atoms with Gasteiger partial charge in [0.25, 0.3) is 0 Å². The van der Waals surface area contributed by atoms with Crippen molar-refractivity contribution in [1.29, 1.82) is 0 Å². The van der Waals surface area contributed by atoms with Crippen LogP contribution in [-0.4, -0.2) is 15.6 Å². The molecule has 0 aliphatic heterocycles. The summed E-state index contributed by atoms with van der Waals surface area (Å²) in [5.74, 6) is 0.0733. The van der Waals surface area contributed by atoms with Crippen LogP contribution in [0.1, 0.15) is 41.2 Å². The molecule has 2 rings (SSSR count). The molecule has 0 aliphatic rings. The van der Waals surface area contributed by atoms with Gasteiger partial charge in [-0.25, -0.2) is 0 Å². The van der Waals surface area contributed by atoms with E-state index in [-0.39, 0.29) is 5.78 Å². The zero-order valence-corrected chi connectivity index (χ0v) is 12.9. The molecule has 0 saturated carbocycles. The maximum Gasteiger partial charge on any atom is 0.168 e. The summed E-state index contributed by atoms with van der Waals surface area (Å²) in [6.45, 7) is 6.66. The summed E-state index contributed by atoms with van der Waals surface area (Å²) in [6.07, 6.45) is 1.26. The van der Waals surface area contributed by atoms with E-state index in [1.54, 1.807) is 4.68 Å². The Morgan fingerprint density at radius 1 is 1.25 bits per heavy atom. The number of carbonyl (C=O) groups excluding carboxylic acids is 1. The maximum absolute atomic E-state index is 12.3. The number of halogens is 1. The number of Topliss-reactive ketones (excluding diaryl/α,β-unsaturated/α-hetero) is 1. The summed E-state index contributed by atoms with van der Waals surface area (Å²) in [5.41, 5.74) is 3.53. The van der Waals surface area contributed by atoms with Gasteiger partial charge in [0.2, 0.25) is 0 Å². The fourth-order valence-corrected chi connectivity index (χ4v) is 2.42. The van der Waals surface area contributed by atoms with E-state index in [0.717, 1.165) is 23.4 Å². The van der Waals surface area contributed by atoms with E-state index in [1.165, 1.54) is 5.56 Å². The molecular weight excluding hydrogens is 272 g/mol. The van der Waals surface area contributed by atoms with E-state index in [2.05, 4.69) is 12.0 Å². The minimum absolute atomic E-state index is 0.0733. The molecule has 0 spiro atoms. The number of benzene rings is 1. The van der Waals surface area contributed by atoms with Crippen molar-refractivity contribution in [2.75, 3.05) is 0 Å². The largest absolute Gasteiger partial charge is 0.294 e. The molecular formula is C16H19ClN2O. The second kappa shape index (κ2) is 6.23. The Labute approximate surface area is 124 Å². The maximum atomic E-state index is 12.3. The Hall–Kier alpha value is -1.61. The Kier molecular flexibility index (Phi) is 4.61. The van der Waals surface area contributed by atoms with Crippen LogP contribution in [0.5, 0.6) is 0 Å². The van der Waals surface area contributed by atoms with Gasteiger partial charge in [0, 0.05) is 12.1 Å². The van der Waals surface area contributed by atoms with Gasteiger partial charge in [-0.3, -0.25) is 9.48 Å². The van der Waals surface area contributed by atoms with Crippen LogP contribution in [0, 0.1) is 6.92 Å². The summed E-state index contributed by atoms with van der Waals surface area (Å²) in [4.78, 5) is 12.3. The highest BCUT2D eigenvalue weighted by Crippen LogP contribution is 2.22. The molecule has 0 amide bonds. The number of nitrogens with zero attached hydrogens (tertiary/aromatic N) is 2. The number of aromatic nitrogens is 2. The quantitative estimate of drug-likeness (QED) is 0.784. The smallest absolute Gasteiger partial charge is 0.168 e. The van der Waals surface area contributed by atoms with Gasteiger partial charge in [-0.2, -0.15) is 5.10 Å². The van der Waals surface area contributed by atoms with Crippen LogP contribution >= 0.6 is 11.6 Å².